The highest BCUT2D eigenvalue weighted by Crippen LogP contribution is 2.27. The minimum Gasteiger partial charge on any atom is -0.439 e. The lowest BCUT2D eigenvalue weighted by molar-refractivity contribution is 0.432. The second-order valence-corrected chi connectivity index (χ2v) is 6.79. The largest absolute Gasteiger partial charge is 0.439 e. The Kier molecular flexibility index (Phi) is 4.24. The maximum atomic E-state index is 13.0. The third-order valence-electron chi connectivity index (χ3n) is 4.81. The van der Waals surface area contributed by atoms with Crippen LogP contribution in [0.15, 0.2) is 65.3 Å². The smallest absolute Gasteiger partial charge is 0.258 e. The van der Waals surface area contributed by atoms with Gasteiger partial charge in [0.1, 0.15) is 17.4 Å². The molecule has 3 aromatic heterocycles. The van der Waals surface area contributed by atoms with Gasteiger partial charge in [-0.15, -0.1) is 0 Å². The molecule has 5 rings (SSSR count). The van der Waals surface area contributed by atoms with Gasteiger partial charge in [0.25, 0.3) is 5.89 Å². The Morgan fingerprint density at radius 1 is 0.967 bits per heavy atom. The lowest BCUT2D eigenvalue weighted by atomic mass is 10.2. The van der Waals surface area contributed by atoms with E-state index in [9.17, 15) is 4.39 Å². The standard InChI is InChI=1S/C22H16FN5O2/c1-13-25-18-11-14(3-9-19(18)28(13)2)22-26-21(27-30-22)15-4-10-20(24-12-15)29-17-7-5-16(23)6-8-17/h3-12H,1-2H3. The van der Waals surface area contributed by atoms with Crippen molar-refractivity contribution in [2.24, 2.45) is 7.05 Å². The van der Waals surface area contributed by atoms with Crippen LogP contribution in [-0.2, 0) is 7.05 Å². The topological polar surface area (TPSA) is 78.9 Å². The molecule has 0 atom stereocenters. The van der Waals surface area contributed by atoms with Crippen molar-refractivity contribution >= 4 is 11.0 Å². The van der Waals surface area contributed by atoms with Crippen molar-refractivity contribution in [1.82, 2.24) is 24.7 Å². The van der Waals surface area contributed by atoms with Crippen molar-refractivity contribution in [2.45, 2.75) is 6.92 Å². The van der Waals surface area contributed by atoms with Crippen LogP contribution in [-0.4, -0.2) is 24.7 Å². The average Bonchev–Trinajstić information content (AvgIpc) is 3.35. The normalized spacial score (nSPS) is 11.2. The van der Waals surface area contributed by atoms with E-state index in [0.717, 1.165) is 22.4 Å². The second kappa shape index (κ2) is 7.07. The van der Waals surface area contributed by atoms with E-state index in [0.29, 0.717) is 28.9 Å². The summed E-state index contributed by atoms with van der Waals surface area (Å²) in [4.78, 5) is 13.3. The third kappa shape index (κ3) is 3.28. The number of nitrogens with zero attached hydrogens (tertiary/aromatic N) is 5. The number of hydrogen-bond acceptors (Lipinski definition) is 6. The van der Waals surface area contributed by atoms with Crippen LogP contribution in [0.3, 0.4) is 0 Å². The van der Waals surface area contributed by atoms with E-state index in [4.69, 9.17) is 9.26 Å². The Labute approximate surface area is 170 Å². The fourth-order valence-electron chi connectivity index (χ4n) is 3.11. The highest BCUT2D eigenvalue weighted by atomic mass is 19.1. The number of ether oxygens (including phenoxy) is 1. The predicted molar refractivity (Wildman–Crippen MR) is 108 cm³/mol. The summed E-state index contributed by atoms with van der Waals surface area (Å²) < 4.78 is 26.1. The van der Waals surface area contributed by atoms with Crippen molar-refractivity contribution in [1.29, 1.82) is 0 Å². The Balaban J connectivity index is 1.38. The molecule has 0 radical (unpaired) electrons. The summed E-state index contributed by atoms with van der Waals surface area (Å²) in [6.07, 6.45) is 1.60. The minimum atomic E-state index is -0.323. The van der Waals surface area contributed by atoms with Crippen molar-refractivity contribution in [3.05, 3.63) is 72.4 Å². The monoisotopic (exact) mass is 401 g/mol. The molecule has 0 aliphatic rings. The number of aromatic nitrogens is 5. The van der Waals surface area contributed by atoms with Crippen LogP contribution in [0.2, 0.25) is 0 Å². The molecule has 0 unspecified atom stereocenters. The molecular formula is C22H16FN5O2. The zero-order valence-electron chi connectivity index (χ0n) is 16.2. The molecule has 2 aromatic carbocycles. The Morgan fingerprint density at radius 3 is 2.53 bits per heavy atom. The van der Waals surface area contributed by atoms with Gasteiger partial charge < -0.3 is 13.8 Å². The zero-order valence-corrected chi connectivity index (χ0v) is 16.2. The molecule has 0 aliphatic heterocycles. The van der Waals surface area contributed by atoms with Gasteiger partial charge in [-0.25, -0.2) is 14.4 Å². The Morgan fingerprint density at radius 2 is 1.77 bits per heavy atom. The number of benzene rings is 2. The van der Waals surface area contributed by atoms with Gasteiger partial charge in [-0.2, -0.15) is 4.98 Å². The highest BCUT2D eigenvalue weighted by Gasteiger charge is 2.13. The lowest BCUT2D eigenvalue weighted by Gasteiger charge is -2.04. The molecule has 7 nitrogen and oxygen atoms in total. The van der Waals surface area contributed by atoms with E-state index in [1.54, 1.807) is 18.3 Å². The van der Waals surface area contributed by atoms with Gasteiger partial charge in [0.2, 0.25) is 11.7 Å². The van der Waals surface area contributed by atoms with Gasteiger partial charge in [-0.05, 0) is 55.5 Å². The minimum absolute atomic E-state index is 0.323. The first-order chi connectivity index (χ1) is 14.6. The number of imidazole rings is 1. The van der Waals surface area contributed by atoms with Crippen LogP contribution >= 0.6 is 0 Å². The average molecular weight is 401 g/mol. The van der Waals surface area contributed by atoms with Crippen molar-refractivity contribution in [3.8, 4) is 34.5 Å². The first-order valence-corrected chi connectivity index (χ1v) is 9.24. The van der Waals surface area contributed by atoms with Crippen molar-refractivity contribution < 1.29 is 13.7 Å². The highest BCUT2D eigenvalue weighted by molar-refractivity contribution is 5.81. The Bertz CT molecular complexity index is 1340. The summed E-state index contributed by atoms with van der Waals surface area (Å²) in [7, 11) is 1.98. The molecule has 0 spiro atoms. The number of rotatable bonds is 4. The second-order valence-electron chi connectivity index (χ2n) is 6.79. The van der Waals surface area contributed by atoms with Crippen LogP contribution in [0.25, 0.3) is 33.9 Å². The maximum absolute atomic E-state index is 13.0. The molecule has 3 heterocycles. The summed E-state index contributed by atoms with van der Waals surface area (Å²) >= 11 is 0. The van der Waals surface area contributed by atoms with Gasteiger partial charge in [-0.1, -0.05) is 5.16 Å². The summed E-state index contributed by atoms with van der Waals surface area (Å²) in [6, 6.07) is 15.0. The van der Waals surface area contributed by atoms with E-state index in [2.05, 4.69) is 20.1 Å². The van der Waals surface area contributed by atoms with Crippen molar-refractivity contribution in [3.63, 3.8) is 0 Å². The first-order valence-electron chi connectivity index (χ1n) is 9.24. The molecule has 0 fully saturated rings. The molecule has 5 aromatic rings. The van der Waals surface area contributed by atoms with E-state index >= 15 is 0 Å². The number of pyridine rings is 1. The summed E-state index contributed by atoms with van der Waals surface area (Å²) in [6.45, 7) is 1.96. The van der Waals surface area contributed by atoms with Crippen LogP contribution in [0.4, 0.5) is 4.39 Å². The van der Waals surface area contributed by atoms with Gasteiger partial charge >= 0.3 is 0 Å². The maximum Gasteiger partial charge on any atom is 0.258 e. The summed E-state index contributed by atoms with van der Waals surface area (Å²) in [5, 5.41) is 4.05. The van der Waals surface area contributed by atoms with Gasteiger partial charge in [0.15, 0.2) is 0 Å². The van der Waals surface area contributed by atoms with E-state index in [1.807, 2.05) is 36.7 Å². The van der Waals surface area contributed by atoms with E-state index in [-0.39, 0.29) is 5.82 Å². The fourth-order valence-corrected chi connectivity index (χ4v) is 3.11. The molecule has 0 N–H and O–H groups in total. The first kappa shape index (κ1) is 18.0. The van der Waals surface area contributed by atoms with Crippen LogP contribution in [0.5, 0.6) is 11.6 Å². The molecule has 30 heavy (non-hydrogen) atoms. The Hall–Kier alpha value is -4.07. The lowest BCUT2D eigenvalue weighted by Crippen LogP contribution is -1.90. The van der Waals surface area contributed by atoms with Gasteiger partial charge in [0, 0.05) is 30.4 Å². The predicted octanol–water partition coefficient (Wildman–Crippen LogP) is 4.93. The van der Waals surface area contributed by atoms with E-state index in [1.165, 1.54) is 24.3 Å². The fraction of sp³-hybridized carbons (Fsp3) is 0.0909. The molecule has 0 saturated heterocycles. The van der Waals surface area contributed by atoms with Gasteiger partial charge in [-0.3, -0.25) is 0 Å². The SMILES string of the molecule is Cc1nc2cc(-c3nc(-c4ccc(Oc5ccc(F)cc5)nc4)no3)ccc2n1C. The number of fused-ring (bicyclic) bond motifs is 1. The molecule has 0 aliphatic carbocycles. The molecule has 0 saturated carbocycles. The molecule has 0 bridgehead atoms. The summed E-state index contributed by atoms with van der Waals surface area (Å²) in [5.74, 6) is 2.31. The zero-order chi connectivity index (χ0) is 20.7. The van der Waals surface area contributed by atoms with Crippen LogP contribution in [0.1, 0.15) is 5.82 Å². The quantitative estimate of drug-likeness (QED) is 0.425. The van der Waals surface area contributed by atoms with Crippen molar-refractivity contribution in [2.75, 3.05) is 0 Å². The molecule has 8 heteroatoms. The van der Waals surface area contributed by atoms with Crippen LogP contribution < -0.4 is 4.74 Å². The molecule has 148 valence electrons. The third-order valence-corrected chi connectivity index (χ3v) is 4.81. The summed E-state index contributed by atoms with van der Waals surface area (Å²) in [5.41, 5.74) is 3.39. The number of hydrogen-bond donors (Lipinski definition) is 0. The van der Waals surface area contributed by atoms with E-state index < -0.39 is 0 Å². The van der Waals surface area contributed by atoms with Crippen LogP contribution in [0, 0.1) is 12.7 Å². The number of aryl methyl sites for hydroxylation is 2. The molecular weight excluding hydrogens is 385 g/mol. The number of halogens is 1. The molecule has 0 amide bonds. The van der Waals surface area contributed by atoms with Gasteiger partial charge in [0.05, 0.1) is 11.0 Å².